The number of cyclic esters (lactones) is 1. The van der Waals surface area contributed by atoms with E-state index in [0.29, 0.717) is 19.4 Å². The normalized spacial score (nSPS) is 19.6. The highest BCUT2D eigenvalue weighted by molar-refractivity contribution is 5.86. The summed E-state index contributed by atoms with van der Waals surface area (Å²) in [5.41, 5.74) is 7.20. The van der Waals surface area contributed by atoms with E-state index in [2.05, 4.69) is 6.92 Å². The zero-order chi connectivity index (χ0) is 19.1. The van der Waals surface area contributed by atoms with Crippen LogP contribution in [0.15, 0.2) is 30.3 Å². The van der Waals surface area contributed by atoms with Gasteiger partial charge in [0.2, 0.25) is 5.91 Å². The van der Waals surface area contributed by atoms with Crippen molar-refractivity contribution < 1.29 is 19.2 Å². The Morgan fingerprint density at radius 1 is 1.33 bits per heavy atom. The van der Waals surface area contributed by atoms with E-state index in [-0.39, 0.29) is 42.8 Å². The first-order valence-corrected chi connectivity index (χ1v) is 9.36. The number of hydroxylamine groups is 2. The number of nitrogens with zero attached hydrogens (tertiary/aromatic N) is 1. The standard InChI is InChI=1S/C20H30N2O4.ClH/c1-4-14(2)17(21)13-26-22(18-10-11-25-20(18)24)19(23)15(3)12-16-8-6-5-7-9-16;/h5-9,14-15,17-18H,4,10-13,21H2,1-3H3;1H/t14-,15?,17?,18-;/m0./s1. The number of carbonyl (C=O) groups excluding carboxylic acids is 2. The lowest BCUT2D eigenvalue weighted by molar-refractivity contribution is -0.208. The van der Waals surface area contributed by atoms with Crippen molar-refractivity contribution in [3.8, 4) is 0 Å². The van der Waals surface area contributed by atoms with Gasteiger partial charge in [0.05, 0.1) is 13.2 Å². The van der Waals surface area contributed by atoms with Gasteiger partial charge in [-0.2, -0.15) is 0 Å². The van der Waals surface area contributed by atoms with Gasteiger partial charge in [-0.05, 0) is 17.9 Å². The predicted molar refractivity (Wildman–Crippen MR) is 106 cm³/mol. The molecule has 0 saturated carbocycles. The minimum atomic E-state index is -0.690. The quantitative estimate of drug-likeness (QED) is 0.511. The first-order valence-electron chi connectivity index (χ1n) is 9.36. The Kier molecular flexibility index (Phi) is 9.77. The van der Waals surface area contributed by atoms with Crippen LogP contribution in [0.2, 0.25) is 0 Å². The van der Waals surface area contributed by atoms with Gasteiger partial charge in [0, 0.05) is 18.4 Å². The van der Waals surface area contributed by atoms with Gasteiger partial charge in [0.25, 0.3) is 0 Å². The maximum atomic E-state index is 13.0. The fourth-order valence-electron chi connectivity index (χ4n) is 2.91. The maximum Gasteiger partial charge on any atom is 0.331 e. The van der Waals surface area contributed by atoms with Crippen molar-refractivity contribution in [2.24, 2.45) is 17.6 Å². The van der Waals surface area contributed by atoms with Gasteiger partial charge >= 0.3 is 5.97 Å². The molecule has 1 aromatic rings. The van der Waals surface area contributed by atoms with Gasteiger partial charge in [0.15, 0.2) is 6.04 Å². The average Bonchev–Trinajstić information content (AvgIpc) is 3.07. The third-order valence-electron chi connectivity index (χ3n) is 5.00. The zero-order valence-corrected chi connectivity index (χ0v) is 17.1. The molecule has 1 saturated heterocycles. The molecule has 4 atom stereocenters. The Balaban J connectivity index is 0.00000364. The van der Waals surface area contributed by atoms with Crippen LogP contribution in [0.4, 0.5) is 0 Å². The van der Waals surface area contributed by atoms with Crippen LogP contribution in [0.3, 0.4) is 0 Å². The van der Waals surface area contributed by atoms with E-state index in [0.717, 1.165) is 12.0 Å². The molecule has 27 heavy (non-hydrogen) atoms. The zero-order valence-electron chi connectivity index (χ0n) is 16.3. The first-order chi connectivity index (χ1) is 12.4. The third-order valence-corrected chi connectivity index (χ3v) is 5.00. The summed E-state index contributed by atoms with van der Waals surface area (Å²) in [4.78, 5) is 30.8. The molecular weight excluding hydrogens is 368 g/mol. The van der Waals surface area contributed by atoms with Gasteiger partial charge in [-0.3, -0.25) is 9.63 Å². The second-order valence-corrected chi connectivity index (χ2v) is 7.07. The van der Waals surface area contributed by atoms with E-state index in [9.17, 15) is 9.59 Å². The Morgan fingerprint density at radius 2 is 2.00 bits per heavy atom. The number of nitrogens with two attached hydrogens (primary N) is 1. The molecule has 2 N–H and O–H groups in total. The highest BCUT2D eigenvalue weighted by Gasteiger charge is 2.38. The monoisotopic (exact) mass is 398 g/mol. The van der Waals surface area contributed by atoms with Crippen molar-refractivity contribution in [2.75, 3.05) is 13.2 Å². The summed E-state index contributed by atoms with van der Waals surface area (Å²) in [7, 11) is 0. The van der Waals surface area contributed by atoms with E-state index >= 15 is 0 Å². The van der Waals surface area contributed by atoms with Crippen LogP contribution < -0.4 is 5.73 Å². The number of halogens is 1. The molecule has 1 aliphatic heterocycles. The molecule has 0 bridgehead atoms. The number of amides is 1. The van der Waals surface area contributed by atoms with Crippen LogP contribution in [0.1, 0.15) is 39.2 Å². The molecule has 0 aliphatic carbocycles. The molecule has 2 rings (SSSR count). The van der Waals surface area contributed by atoms with E-state index in [4.69, 9.17) is 15.3 Å². The van der Waals surface area contributed by atoms with Gasteiger partial charge < -0.3 is 10.5 Å². The van der Waals surface area contributed by atoms with Crippen LogP contribution in [0, 0.1) is 11.8 Å². The van der Waals surface area contributed by atoms with E-state index in [1.165, 1.54) is 5.06 Å². The van der Waals surface area contributed by atoms with Crippen LogP contribution in [-0.4, -0.2) is 42.2 Å². The molecule has 1 aromatic carbocycles. The van der Waals surface area contributed by atoms with Crippen molar-refractivity contribution in [2.45, 2.75) is 52.1 Å². The number of esters is 1. The summed E-state index contributed by atoms with van der Waals surface area (Å²) in [5.74, 6) is -0.675. The molecule has 2 unspecified atom stereocenters. The number of carbonyl (C=O) groups is 2. The van der Waals surface area contributed by atoms with Gasteiger partial charge in [-0.25, -0.2) is 9.86 Å². The van der Waals surface area contributed by atoms with Crippen LogP contribution in [0.25, 0.3) is 0 Å². The summed E-state index contributed by atoms with van der Waals surface area (Å²) in [5, 5.41) is 1.21. The highest BCUT2D eigenvalue weighted by atomic mass is 35.5. The summed E-state index contributed by atoms with van der Waals surface area (Å²) in [6.07, 6.45) is 1.95. The number of rotatable bonds is 9. The van der Waals surface area contributed by atoms with Gasteiger partial charge in [-0.1, -0.05) is 57.5 Å². The summed E-state index contributed by atoms with van der Waals surface area (Å²) < 4.78 is 5.03. The Labute approximate surface area is 167 Å². The molecule has 1 aliphatic rings. The number of hydrogen-bond acceptors (Lipinski definition) is 5. The minimum absolute atomic E-state index is 0. The molecule has 0 radical (unpaired) electrons. The fraction of sp³-hybridized carbons (Fsp3) is 0.600. The summed E-state index contributed by atoms with van der Waals surface area (Å²) in [6, 6.07) is 8.91. The van der Waals surface area contributed by atoms with E-state index < -0.39 is 12.0 Å². The first kappa shape index (κ1) is 23.4. The number of ether oxygens (including phenoxy) is 1. The summed E-state index contributed by atoms with van der Waals surface area (Å²) >= 11 is 0. The molecule has 6 nitrogen and oxygen atoms in total. The minimum Gasteiger partial charge on any atom is -0.464 e. The molecule has 0 spiro atoms. The molecule has 1 heterocycles. The molecule has 152 valence electrons. The smallest absolute Gasteiger partial charge is 0.331 e. The number of benzene rings is 1. The SMILES string of the molecule is CC[C@H](C)C(N)CON(C(=O)C(C)Cc1ccccc1)[C@H]1CCOC1=O.Cl. The fourth-order valence-corrected chi connectivity index (χ4v) is 2.91. The molecule has 0 aromatic heterocycles. The number of hydrogen-bond donors (Lipinski definition) is 1. The van der Waals surface area contributed by atoms with Crippen LogP contribution >= 0.6 is 12.4 Å². The molecule has 1 fully saturated rings. The maximum absolute atomic E-state index is 13.0. The van der Waals surface area contributed by atoms with Crippen molar-refractivity contribution in [3.05, 3.63) is 35.9 Å². The Morgan fingerprint density at radius 3 is 2.56 bits per heavy atom. The molecule has 1 amide bonds. The van der Waals surface area contributed by atoms with Gasteiger partial charge in [0.1, 0.15) is 0 Å². The van der Waals surface area contributed by atoms with Crippen molar-refractivity contribution in [1.82, 2.24) is 5.06 Å². The molecular formula is C20H31ClN2O4. The lowest BCUT2D eigenvalue weighted by Crippen LogP contribution is -2.48. The van der Waals surface area contributed by atoms with E-state index in [1.807, 2.05) is 44.2 Å². The largest absolute Gasteiger partial charge is 0.464 e. The predicted octanol–water partition coefficient (Wildman–Crippen LogP) is 2.74. The van der Waals surface area contributed by atoms with Crippen molar-refractivity contribution in [3.63, 3.8) is 0 Å². The Hall–Kier alpha value is -1.63. The second-order valence-electron chi connectivity index (χ2n) is 7.07. The lowest BCUT2D eigenvalue weighted by Gasteiger charge is -2.30. The van der Waals surface area contributed by atoms with Crippen molar-refractivity contribution >= 4 is 24.3 Å². The van der Waals surface area contributed by atoms with E-state index in [1.54, 1.807) is 0 Å². The highest BCUT2D eigenvalue weighted by Crippen LogP contribution is 2.20. The second kappa shape index (κ2) is 11.3. The van der Waals surface area contributed by atoms with Crippen LogP contribution in [-0.2, 0) is 25.6 Å². The lowest BCUT2D eigenvalue weighted by atomic mass is 9.99. The summed E-state index contributed by atoms with van der Waals surface area (Å²) in [6.45, 7) is 6.45. The third kappa shape index (κ3) is 6.48. The average molecular weight is 399 g/mol. The Bertz CT molecular complexity index is 599. The topological polar surface area (TPSA) is 81.9 Å². The van der Waals surface area contributed by atoms with Crippen molar-refractivity contribution in [1.29, 1.82) is 0 Å². The molecule has 7 heteroatoms. The van der Waals surface area contributed by atoms with Crippen LogP contribution in [0.5, 0.6) is 0 Å². The van der Waals surface area contributed by atoms with Gasteiger partial charge in [-0.15, -0.1) is 12.4 Å².